The van der Waals surface area contributed by atoms with Gasteiger partial charge in [0.2, 0.25) is 0 Å². The number of hydrogen-bond donors (Lipinski definition) is 0. The van der Waals surface area contributed by atoms with Crippen molar-refractivity contribution in [3.05, 3.63) is 43.3 Å². The summed E-state index contributed by atoms with van der Waals surface area (Å²) in [5, 5.41) is 5.88. The Labute approximate surface area is 156 Å². The molecule has 2 aromatic rings. The van der Waals surface area contributed by atoms with E-state index in [9.17, 15) is 4.79 Å². The third-order valence-corrected chi connectivity index (χ3v) is 6.91. The molecule has 0 spiro atoms. The molecule has 0 N–H and O–H groups in total. The lowest BCUT2D eigenvalue weighted by atomic mass is 10.1. The van der Waals surface area contributed by atoms with Gasteiger partial charge < -0.3 is 4.74 Å². The lowest BCUT2D eigenvalue weighted by molar-refractivity contribution is 0.107. The normalized spacial score (nSPS) is 22.5. The van der Waals surface area contributed by atoms with Gasteiger partial charge in [-0.2, -0.15) is 5.10 Å². The van der Waals surface area contributed by atoms with Crippen LogP contribution in [0.2, 0.25) is 0 Å². The van der Waals surface area contributed by atoms with Crippen LogP contribution in [0.15, 0.2) is 10.9 Å². The van der Waals surface area contributed by atoms with Gasteiger partial charge in [0.15, 0.2) is 0 Å². The number of rotatable bonds is 4. The van der Waals surface area contributed by atoms with Crippen molar-refractivity contribution >= 4 is 11.3 Å². The smallest absolute Gasteiger partial charge is 0.267 e. The van der Waals surface area contributed by atoms with E-state index in [1.807, 2.05) is 11.3 Å². The monoisotopic (exact) mass is 372 g/mol. The highest BCUT2D eigenvalue weighted by Gasteiger charge is 2.28. The largest absolute Gasteiger partial charge is 0.376 e. The van der Waals surface area contributed by atoms with Crippen LogP contribution in [0.3, 0.4) is 0 Å². The summed E-state index contributed by atoms with van der Waals surface area (Å²) in [5.41, 5.74) is 3.31. The SMILES string of the molecule is O=c1cc2c(nn1CC1CCCN1Cc1nc3c(s1)CCC3)CCOC2. The molecule has 0 aromatic carbocycles. The summed E-state index contributed by atoms with van der Waals surface area (Å²) >= 11 is 1.89. The Balaban J connectivity index is 1.32. The zero-order chi connectivity index (χ0) is 17.5. The van der Waals surface area contributed by atoms with Gasteiger partial charge in [-0.3, -0.25) is 9.69 Å². The molecule has 6 nitrogen and oxygen atoms in total. The number of aromatic nitrogens is 3. The van der Waals surface area contributed by atoms with Gasteiger partial charge in [0, 0.05) is 29.0 Å². The molecule has 0 saturated carbocycles. The van der Waals surface area contributed by atoms with Crippen LogP contribution in [0.1, 0.15) is 46.1 Å². The van der Waals surface area contributed by atoms with Crippen LogP contribution >= 0.6 is 11.3 Å². The first-order valence-electron chi connectivity index (χ1n) is 9.65. The second-order valence-corrected chi connectivity index (χ2v) is 8.70. The fourth-order valence-corrected chi connectivity index (χ4v) is 5.56. The minimum absolute atomic E-state index is 0.00525. The number of thiazole rings is 1. The maximum Gasteiger partial charge on any atom is 0.267 e. The van der Waals surface area contributed by atoms with Crippen LogP contribution in [-0.4, -0.2) is 38.9 Å². The van der Waals surface area contributed by atoms with Crippen LogP contribution in [0.5, 0.6) is 0 Å². The summed E-state index contributed by atoms with van der Waals surface area (Å²) in [6.45, 7) is 3.89. The molecule has 1 atom stereocenters. The number of aryl methyl sites for hydroxylation is 2. The second-order valence-electron chi connectivity index (χ2n) is 7.54. The highest BCUT2D eigenvalue weighted by Crippen LogP contribution is 2.30. The summed E-state index contributed by atoms with van der Waals surface area (Å²) < 4.78 is 7.11. The maximum atomic E-state index is 12.5. The van der Waals surface area contributed by atoms with Crippen LogP contribution in [-0.2, 0) is 43.7 Å². The van der Waals surface area contributed by atoms with Crippen molar-refractivity contribution in [3.8, 4) is 0 Å². The van der Waals surface area contributed by atoms with Gasteiger partial charge in [0.1, 0.15) is 5.01 Å². The summed E-state index contributed by atoms with van der Waals surface area (Å²) in [6.07, 6.45) is 6.72. The Hall–Kier alpha value is -1.57. The van der Waals surface area contributed by atoms with Crippen molar-refractivity contribution in [2.24, 2.45) is 0 Å². The number of nitrogens with zero attached hydrogens (tertiary/aromatic N) is 4. The average Bonchev–Trinajstić information content (AvgIpc) is 3.33. The van der Waals surface area contributed by atoms with E-state index >= 15 is 0 Å². The number of likely N-dealkylation sites (tertiary alicyclic amines) is 1. The minimum atomic E-state index is -0.00525. The first kappa shape index (κ1) is 16.6. The van der Waals surface area contributed by atoms with E-state index in [1.165, 1.54) is 34.8 Å². The molecular formula is C19H24N4O2S. The molecule has 0 bridgehead atoms. The topological polar surface area (TPSA) is 60.2 Å². The van der Waals surface area contributed by atoms with Crippen molar-refractivity contribution in [3.63, 3.8) is 0 Å². The summed E-state index contributed by atoms with van der Waals surface area (Å²) in [5.74, 6) is 0. The van der Waals surface area contributed by atoms with E-state index in [0.29, 0.717) is 25.8 Å². The Kier molecular flexibility index (Phi) is 4.38. The Morgan fingerprint density at radius 3 is 3.12 bits per heavy atom. The highest BCUT2D eigenvalue weighted by atomic mass is 32.1. The molecule has 2 aromatic heterocycles. The zero-order valence-corrected chi connectivity index (χ0v) is 15.8. The molecule has 3 aliphatic rings. The average molecular weight is 372 g/mol. The van der Waals surface area contributed by atoms with E-state index < -0.39 is 0 Å². The summed E-state index contributed by atoms with van der Waals surface area (Å²) in [4.78, 5) is 21.3. The second kappa shape index (κ2) is 6.87. The number of fused-ring (bicyclic) bond motifs is 2. The van der Waals surface area contributed by atoms with E-state index in [2.05, 4.69) is 10.00 Å². The van der Waals surface area contributed by atoms with Gasteiger partial charge in [0.05, 0.1) is 37.7 Å². The molecule has 26 heavy (non-hydrogen) atoms. The highest BCUT2D eigenvalue weighted by molar-refractivity contribution is 7.11. The molecule has 0 radical (unpaired) electrons. The Bertz CT molecular complexity index is 853. The zero-order valence-electron chi connectivity index (χ0n) is 14.9. The van der Waals surface area contributed by atoms with E-state index in [0.717, 1.165) is 43.6 Å². The van der Waals surface area contributed by atoms with Gasteiger partial charge in [0.25, 0.3) is 5.56 Å². The van der Waals surface area contributed by atoms with Crippen LogP contribution in [0.4, 0.5) is 0 Å². The van der Waals surface area contributed by atoms with Crippen molar-refractivity contribution < 1.29 is 4.74 Å². The molecule has 4 heterocycles. The minimum Gasteiger partial charge on any atom is -0.376 e. The van der Waals surface area contributed by atoms with Crippen LogP contribution in [0.25, 0.3) is 0 Å². The first-order valence-corrected chi connectivity index (χ1v) is 10.5. The molecule has 2 aliphatic heterocycles. The predicted octanol–water partition coefficient (Wildman–Crippen LogP) is 1.93. The molecule has 1 unspecified atom stereocenters. The molecule has 1 saturated heterocycles. The van der Waals surface area contributed by atoms with Crippen molar-refractivity contribution in [2.75, 3.05) is 13.2 Å². The standard InChI is InChI=1S/C19H24N4O2S/c24-19-9-13-12-25-8-6-15(13)21-23(19)10-14-3-2-7-22(14)11-18-20-16-4-1-5-17(16)26-18/h9,14H,1-8,10-12H2. The quantitative estimate of drug-likeness (QED) is 0.821. The Morgan fingerprint density at radius 1 is 1.23 bits per heavy atom. The molecule has 5 rings (SSSR count). The summed E-state index contributed by atoms with van der Waals surface area (Å²) in [7, 11) is 0. The lowest BCUT2D eigenvalue weighted by Gasteiger charge is -2.24. The van der Waals surface area contributed by atoms with E-state index in [-0.39, 0.29) is 5.56 Å². The fraction of sp³-hybridized carbons (Fsp3) is 0.632. The van der Waals surface area contributed by atoms with E-state index in [1.54, 1.807) is 10.7 Å². The van der Waals surface area contributed by atoms with Crippen LogP contribution < -0.4 is 5.56 Å². The first-order chi connectivity index (χ1) is 12.8. The van der Waals surface area contributed by atoms with Crippen molar-refractivity contribution in [1.82, 2.24) is 19.7 Å². The fourth-order valence-electron chi connectivity index (χ4n) is 4.38. The van der Waals surface area contributed by atoms with Gasteiger partial charge in [-0.05, 0) is 38.6 Å². The third kappa shape index (κ3) is 3.12. The summed E-state index contributed by atoms with van der Waals surface area (Å²) in [6, 6.07) is 2.09. The van der Waals surface area contributed by atoms with Crippen molar-refractivity contribution in [1.29, 1.82) is 0 Å². The van der Waals surface area contributed by atoms with Gasteiger partial charge >= 0.3 is 0 Å². The molecule has 1 aliphatic carbocycles. The van der Waals surface area contributed by atoms with Gasteiger partial charge in [-0.15, -0.1) is 11.3 Å². The van der Waals surface area contributed by atoms with Crippen LogP contribution in [0, 0.1) is 0 Å². The lowest BCUT2D eigenvalue weighted by Crippen LogP contribution is -2.37. The Morgan fingerprint density at radius 2 is 2.19 bits per heavy atom. The van der Waals surface area contributed by atoms with Crippen molar-refractivity contribution in [2.45, 2.75) is 64.3 Å². The molecule has 0 amide bonds. The number of ether oxygens (including phenoxy) is 1. The third-order valence-electron chi connectivity index (χ3n) is 5.77. The molecule has 138 valence electrons. The predicted molar refractivity (Wildman–Crippen MR) is 99.4 cm³/mol. The molecule has 7 heteroatoms. The van der Waals surface area contributed by atoms with Gasteiger partial charge in [-0.25, -0.2) is 9.67 Å². The maximum absolute atomic E-state index is 12.5. The molecule has 1 fully saturated rings. The molecular weight excluding hydrogens is 348 g/mol. The number of hydrogen-bond acceptors (Lipinski definition) is 6. The van der Waals surface area contributed by atoms with E-state index in [4.69, 9.17) is 9.72 Å². The van der Waals surface area contributed by atoms with Gasteiger partial charge in [-0.1, -0.05) is 0 Å².